The summed E-state index contributed by atoms with van der Waals surface area (Å²) in [5, 5.41) is 13.0. The highest BCUT2D eigenvalue weighted by Crippen LogP contribution is 2.43. The van der Waals surface area contributed by atoms with Crippen LogP contribution in [0.15, 0.2) is 5.38 Å². The van der Waals surface area contributed by atoms with Gasteiger partial charge < -0.3 is 0 Å². The first kappa shape index (κ1) is 16.5. The zero-order valence-electron chi connectivity index (χ0n) is 13.9. The second kappa shape index (κ2) is 6.48. The maximum atomic E-state index is 9.71. The molecule has 2 rings (SSSR count). The first-order valence-corrected chi connectivity index (χ1v) is 9.13. The van der Waals surface area contributed by atoms with Crippen molar-refractivity contribution in [1.29, 1.82) is 5.26 Å². The van der Waals surface area contributed by atoms with Crippen molar-refractivity contribution >= 4 is 11.3 Å². The van der Waals surface area contributed by atoms with Crippen molar-refractivity contribution in [3.8, 4) is 6.07 Å². The quantitative estimate of drug-likeness (QED) is 0.738. The molecule has 116 valence electrons. The minimum Gasteiger partial charge on any atom is -0.246 e. The molecule has 0 spiro atoms. The molecule has 1 saturated carbocycles. The lowest BCUT2D eigenvalue weighted by Gasteiger charge is -2.34. The van der Waals surface area contributed by atoms with Crippen LogP contribution < -0.4 is 0 Å². The van der Waals surface area contributed by atoms with E-state index >= 15 is 0 Å². The Labute approximate surface area is 133 Å². The summed E-state index contributed by atoms with van der Waals surface area (Å²) in [7, 11) is 0. The zero-order valence-corrected chi connectivity index (χ0v) is 14.7. The van der Waals surface area contributed by atoms with Crippen LogP contribution in [0.25, 0.3) is 0 Å². The molecule has 0 bridgehead atoms. The smallest absolute Gasteiger partial charge is 0.0944 e. The van der Waals surface area contributed by atoms with Crippen LogP contribution in [-0.4, -0.2) is 4.98 Å². The van der Waals surface area contributed by atoms with E-state index in [1.807, 2.05) is 0 Å². The Bertz CT molecular complexity index is 496. The molecule has 0 radical (unpaired) electrons. The van der Waals surface area contributed by atoms with Gasteiger partial charge in [0.05, 0.1) is 22.2 Å². The maximum Gasteiger partial charge on any atom is 0.0944 e. The van der Waals surface area contributed by atoms with Gasteiger partial charge in [0.25, 0.3) is 0 Å². The molecule has 1 aliphatic carbocycles. The molecule has 1 aromatic rings. The van der Waals surface area contributed by atoms with Gasteiger partial charge in [-0.15, -0.1) is 11.3 Å². The van der Waals surface area contributed by atoms with E-state index < -0.39 is 0 Å². The lowest BCUT2D eigenvalue weighted by atomic mass is 9.69. The van der Waals surface area contributed by atoms with Gasteiger partial charge in [-0.1, -0.05) is 40.5 Å². The van der Waals surface area contributed by atoms with E-state index in [4.69, 9.17) is 4.98 Å². The van der Waals surface area contributed by atoms with Crippen LogP contribution in [0.4, 0.5) is 0 Å². The molecular weight excluding hydrogens is 276 g/mol. The van der Waals surface area contributed by atoms with E-state index in [0.29, 0.717) is 0 Å². The number of hydrogen-bond donors (Lipinski definition) is 0. The van der Waals surface area contributed by atoms with Crippen LogP contribution in [0, 0.1) is 22.7 Å². The molecule has 0 saturated heterocycles. The number of hydrogen-bond acceptors (Lipinski definition) is 3. The summed E-state index contributed by atoms with van der Waals surface area (Å²) in [6.45, 7) is 8.85. The summed E-state index contributed by atoms with van der Waals surface area (Å²) in [6.07, 6.45) is 8.00. The van der Waals surface area contributed by atoms with E-state index in [1.54, 1.807) is 11.3 Å². The SMILES string of the molecule is CCCC1CCC(C#N)(Cc2nc(C(C)(C)C)cs2)CC1. The minimum atomic E-state index is -0.156. The van der Waals surface area contributed by atoms with Crippen LogP contribution in [0.3, 0.4) is 0 Å². The van der Waals surface area contributed by atoms with Gasteiger partial charge in [-0.05, 0) is 31.6 Å². The first-order valence-electron chi connectivity index (χ1n) is 8.25. The highest BCUT2D eigenvalue weighted by molar-refractivity contribution is 7.09. The maximum absolute atomic E-state index is 9.71. The molecule has 0 amide bonds. The topological polar surface area (TPSA) is 36.7 Å². The summed E-state index contributed by atoms with van der Waals surface area (Å²) in [5.41, 5.74) is 1.11. The van der Waals surface area contributed by atoms with E-state index in [-0.39, 0.29) is 10.8 Å². The number of nitrogens with zero attached hydrogens (tertiary/aromatic N) is 2. The van der Waals surface area contributed by atoms with E-state index in [2.05, 4.69) is 39.1 Å². The van der Waals surface area contributed by atoms with Crippen molar-refractivity contribution in [2.75, 3.05) is 0 Å². The largest absolute Gasteiger partial charge is 0.246 e. The molecule has 0 aromatic carbocycles. The lowest BCUT2D eigenvalue weighted by molar-refractivity contribution is 0.200. The number of thiazole rings is 1. The van der Waals surface area contributed by atoms with Crippen LogP contribution in [0.5, 0.6) is 0 Å². The monoisotopic (exact) mass is 304 g/mol. The predicted molar refractivity (Wildman–Crippen MR) is 89.4 cm³/mol. The molecule has 21 heavy (non-hydrogen) atoms. The van der Waals surface area contributed by atoms with Crippen LogP contribution in [0.1, 0.15) is 76.9 Å². The van der Waals surface area contributed by atoms with Gasteiger partial charge in [0.1, 0.15) is 0 Å². The van der Waals surface area contributed by atoms with Crippen molar-refractivity contribution in [3.63, 3.8) is 0 Å². The highest BCUT2D eigenvalue weighted by Gasteiger charge is 2.36. The number of rotatable bonds is 4. The van der Waals surface area contributed by atoms with Crippen molar-refractivity contribution in [1.82, 2.24) is 4.98 Å². The van der Waals surface area contributed by atoms with Crippen molar-refractivity contribution in [2.45, 2.75) is 78.1 Å². The van der Waals surface area contributed by atoms with Gasteiger partial charge in [-0.25, -0.2) is 4.98 Å². The molecule has 3 heteroatoms. The van der Waals surface area contributed by atoms with Crippen LogP contribution in [-0.2, 0) is 11.8 Å². The Morgan fingerprint density at radius 2 is 2.05 bits per heavy atom. The molecule has 0 atom stereocenters. The molecular formula is C18H28N2S. The first-order chi connectivity index (χ1) is 9.88. The molecule has 2 nitrogen and oxygen atoms in total. The summed E-state index contributed by atoms with van der Waals surface area (Å²) >= 11 is 1.73. The Kier molecular flexibility index (Phi) is 5.09. The summed E-state index contributed by atoms with van der Waals surface area (Å²) in [4.78, 5) is 4.79. The molecule has 0 unspecified atom stereocenters. The van der Waals surface area contributed by atoms with E-state index in [9.17, 15) is 5.26 Å². The fourth-order valence-electron chi connectivity index (χ4n) is 3.28. The second-order valence-electron chi connectivity index (χ2n) is 7.68. The third kappa shape index (κ3) is 4.07. The van der Waals surface area contributed by atoms with Gasteiger partial charge >= 0.3 is 0 Å². The van der Waals surface area contributed by atoms with Gasteiger partial charge in [-0.2, -0.15) is 5.26 Å². The van der Waals surface area contributed by atoms with E-state index in [1.165, 1.54) is 25.7 Å². The molecule has 1 fully saturated rings. The molecule has 0 N–H and O–H groups in total. The standard InChI is InChI=1S/C18H28N2S/c1-5-6-14-7-9-18(13-19,10-8-14)11-16-20-15(12-21-16)17(2,3)4/h12,14H,5-11H2,1-4H3. The zero-order chi connectivity index (χ0) is 15.5. The Morgan fingerprint density at radius 3 is 2.52 bits per heavy atom. The molecule has 1 heterocycles. The Morgan fingerprint density at radius 1 is 1.38 bits per heavy atom. The van der Waals surface area contributed by atoms with Gasteiger partial charge in [0.15, 0.2) is 0 Å². The summed E-state index contributed by atoms with van der Waals surface area (Å²) in [6, 6.07) is 2.64. The normalized spacial score (nSPS) is 26.5. The fraction of sp³-hybridized carbons (Fsp3) is 0.778. The van der Waals surface area contributed by atoms with Gasteiger partial charge in [0, 0.05) is 17.2 Å². The van der Waals surface area contributed by atoms with Gasteiger partial charge in [-0.3, -0.25) is 0 Å². The molecule has 0 aliphatic heterocycles. The van der Waals surface area contributed by atoms with Crippen molar-refractivity contribution in [2.24, 2.45) is 11.3 Å². The Balaban J connectivity index is 2.03. The average Bonchev–Trinajstić information content (AvgIpc) is 2.90. The molecule has 1 aliphatic rings. The predicted octanol–water partition coefficient (Wildman–Crippen LogP) is 5.48. The highest BCUT2D eigenvalue weighted by atomic mass is 32.1. The molecule has 1 aromatic heterocycles. The third-order valence-electron chi connectivity index (χ3n) is 4.81. The average molecular weight is 305 g/mol. The van der Waals surface area contributed by atoms with E-state index in [0.717, 1.165) is 35.9 Å². The van der Waals surface area contributed by atoms with Gasteiger partial charge in [0.2, 0.25) is 0 Å². The van der Waals surface area contributed by atoms with Crippen LogP contribution >= 0.6 is 11.3 Å². The minimum absolute atomic E-state index is 0.105. The van der Waals surface area contributed by atoms with Crippen molar-refractivity contribution < 1.29 is 0 Å². The second-order valence-corrected chi connectivity index (χ2v) is 8.62. The van der Waals surface area contributed by atoms with Crippen molar-refractivity contribution in [3.05, 3.63) is 16.1 Å². The number of nitriles is 1. The van der Waals surface area contributed by atoms with Crippen LogP contribution in [0.2, 0.25) is 0 Å². The Hall–Kier alpha value is -0.880. The third-order valence-corrected chi connectivity index (χ3v) is 5.65. The summed E-state index contributed by atoms with van der Waals surface area (Å²) < 4.78 is 0. The summed E-state index contributed by atoms with van der Waals surface area (Å²) in [5.74, 6) is 0.845. The lowest BCUT2D eigenvalue weighted by Crippen LogP contribution is -2.28. The number of aromatic nitrogens is 1. The fourth-order valence-corrected chi connectivity index (χ4v) is 4.45.